The number of ether oxygens (including phenoxy) is 1. The van der Waals surface area contributed by atoms with Gasteiger partial charge in [0, 0.05) is 12.5 Å². The summed E-state index contributed by atoms with van der Waals surface area (Å²) in [5.41, 5.74) is 0.750. The minimum Gasteiger partial charge on any atom is -0.480 e. The number of nitrogens with zero attached hydrogens (tertiary/aromatic N) is 1. The van der Waals surface area contributed by atoms with E-state index in [1.165, 1.54) is 0 Å². The number of halogens is 2. The SMILES string of the molecule is O=C(O)[C@@H]1[C@@H]2CC[C@@H](CC2(F)F)N1C(=O)OCc1ccccc1. The third-order valence-electron chi connectivity index (χ3n) is 4.60. The molecular weight excluding hydrogens is 308 g/mol. The molecule has 1 amide bonds. The van der Waals surface area contributed by atoms with Gasteiger partial charge in [-0.2, -0.15) is 0 Å². The molecule has 1 aliphatic carbocycles. The number of carboxylic acid groups (broad SMARTS) is 1. The van der Waals surface area contributed by atoms with Gasteiger partial charge in [0.15, 0.2) is 0 Å². The molecule has 2 bridgehead atoms. The third kappa shape index (κ3) is 2.87. The molecule has 0 spiro atoms. The normalized spacial score (nSPS) is 28.4. The van der Waals surface area contributed by atoms with Crippen LogP contribution in [0.15, 0.2) is 30.3 Å². The number of hydrogen-bond acceptors (Lipinski definition) is 3. The molecule has 1 aromatic rings. The Bertz CT molecular complexity index is 607. The summed E-state index contributed by atoms with van der Waals surface area (Å²) in [5.74, 6) is -5.81. The van der Waals surface area contributed by atoms with Crippen LogP contribution in [0.3, 0.4) is 0 Å². The number of carbonyl (C=O) groups excluding carboxylic acids is 1. The lowest BCUT2D eigenvalue weighted by molar-refractivity contribution is -0.191. The van der Waals surface area contributed by atoms with Crippen LogP contribution in [0.25, 0.3) is 0 Å². The highest BCUT2D eigenvalue weighted by Crippen LogP contribution is 2.49. The number of benzene rings is 1. The van der Waals surface area contributed by atoms with Crippen molar-refractivity contribution in [2.24, 2.45) is 5.92 Å². The van der Waals surface area contributed by atoms with Crippen molar-refractivity contribution in [1.29, 1.82) is 0 Å². The fraction of sp³-hybridized carbons (Fsp3) is 0.500. The zero-order chi connectivity index (χ0) is 16.6. The van der Waals surface area contributed by atoms with Gasteiger partial charge < -0.3 is 9.84 Å². The molecule has 1 aromatic carbocycles. The van der Waals surface area contributed by atoms with Crippen LogP contribution in [0.1, 0.15) is 24.8 Å². The Labute approximate surface area is 131 Å². The Morgan fingerprint density at radius 1 is 1.26 bits per heavy atom. The minimum atomic E-state index is -3.05. The molecule has 3 aliphatic rings. The summed E-state index contributed by atoms with van der Waals surface area (Å²) in [5, 5.41) is 9.31. The lowest BCUT2D eigenvalue weighted by Gasteiger charge is -2.51. The molecule has 124 valence electrons. The molecule has 3 fully saturated rings. The summed E-state index contributed by atoms with van der Waals surface area (Å²) in [7, 11) is 0. The van der Waals surface area contributed by atoms with Gasteiger partial charge in [0.25, 0.3) is 5.92 Å². The van der Waals surface area contributed by atoms with Gasteiger partial charge in [-0.1, -0.05) is 30.3 Å². The average molecular weight is 325 g/mol. The topological polar surface area (TPSA) is 66.8 Å². The standard InChI is InChI=1S/C16H17F2NO4/c17-16(18)8-11-6-7-12(16)13(14(20)21)19(11)15(22)23-9-10-4-2-1-3-5-10/h1-5,11-13H,6-9H2,(H,20,21)/t11-,12-,13-/m0/s1. The summed E-state index contributed by atoms with van der Waals surface area (Å²) >= 11 is 0. The maximum atomic E-state index is 14.0. The number of alkyl halides is 2. The molecule has 2 saturated heterocycles. The van der Waals surface area contributed by atoms with Crippen molar-refractivity contribution in [3.8, 4) is 0 Å². The second-order valence-electron chi connectivity index (χ2n) is 6.03. The van der Waals surface area contributed by atoms with Crippen LogP contribution in [0, 0.1) is 5.92 Å². The van der Waals surface area contributed by atoms with Gasteiger partial charge in [0.1, 0.15) is 12.6 Å². The van der Waals surface area contributed by atoms with Crippen molar-refractivity contribution in [2.75, 3.05) is 0 Å². The summed E-state index contributed by atoms with van der Waals surface area (Å²) in [6.45, 7) is -0.0176. The van der Waals surface area contributed by atoms with Crippen molar-refractivity contribution in [1.82, 2.24) is 4.90 Å². The number of carboxylic acids is 1. The van der Waals surface area contributed by atoms with Gasteiger partial charge in [-0.15, -0.1) is 0 Å². The lowest BCUT2D eigenvalue weighted by Crippen LogP contribution is -2.66. The second-order valence-corrected chi connectivity index (χ2v) is 6.03. The first kappa shape index (κ1) is 15.7. The predicted octanol–water partition coefficient (Wildman–Crippen LogP) is 2.90. The van der Waals surface area contributed by atoms with Crippen LogP contribution in [0.4, 0.5) is 13.6 Å². The summed E-state index contributed by atoms with van der Waals surface area (Å²) in [4.78, 5) is 24.7. The molecular formula is C16H17F2NO4. The molecule has 4 rings (SSSR count). The number of carbonyl (C=O) groups is 2. The smallest absolute Gasteiger partial charge is 0.411 e. The Morgan fingerprint density at radius 2 is 1.96 bits per heavy atom. The van der Waals surface area contributed by atoms with Gasteiger partial charge in [0.2, 0.25) is 0 Å². The van der Waals surface area contributed by atoms with E-state index in [4.69, 9.17) is 4.74 Å². The van der Waals surface area contributed by atoms with Gasteiger partial charge in [-0.25, -0.2) is 18.4 Å². The van der Waals surface area contributed by atoms with E-state index in [1.54, 1.807) is 24.3 Å². The maximum absolute atomic E-state index is 14.0. The number of hydrogen-bond donors (Lipinski definition) is 1. The van der Waals surface area contributed by atoms with Crippen LogP contribution in [-0.4, -0.2) is 40.1 Å². The van der Waals surface area contributed by atoms with E-state index < -0.39 is 42.4 Å². The number of rotatable bonds is 3. The fourth-order valence-electron chi connectivity index (χ4n) is 3.55. The molecule has 0 unspecified atom stereocenters. The molecule has 5 nitrogen and oxygen atoms in total. The minimum absolute atomic E-state index is 0.0176. The predicted molar refractivity (Wildman–Crippen MR) is 76.0 cm³/mol. The first-order valence-electron chi connectivity index (χ1n) is 7.50. The van der Waals surface area contributed by atoms with Gasteiger partial charge in [-0.3, -0.25) is 4.90 Å². The molecule has 2 aliphatic heterocycles. The zero-order valence-corrected chi connectivity index (χ0v) is 12.3. The van der Waals surface area contributed by atoms with Gasteiger partial charge in [0.05, 0.1) is 5.92 Å². The van der Waals surface area contributed by atoms with E-state index in [1.807, 2.05) is 6.07 Å². The van der Waals surface area contributed by atoms with E-state index in [-0.39, 0.29) is 13.0 Å². The van der Waals surface area contributed by atoms with Gasteiger partial charge >= 0.3 is 12.1 Å². The molecule has 3 atom stereocenters. The van der Waals surface area contributed by atoms with Crippen molar-refractivity contribution in [3.05, 3.63) is 35.9 Å². The first-order valence-corrected chi connectivity index (χ1v) is 7.50. The monoisotopic (exact) mass is 325 g/mol. The van der Waals surface area contributed by atoms with E-state index in [0.717, 1.165) is 10.5 Å². The van der Waals surface area contributed by atoms with E-state index >= 15 is 0 Å². The highest BCUT2D eigenvalue weighted by Gasteiger charge is 2.61. The van der Waals surface area contributed by atoms with Crippen LogP contribution in [0.5, 0.6) is 0 Å². The molecule has 0 aromatic heterocycles. The highest BCUT2D eigenvalue weighted by molar-refractivity contribution is 5.81. The Morgan fingerprint density at radius 3 is 2.57 bits per heavy atom. The summed E-state index contributed by atoms with van der Waals surface area (Å²) in [6.07, 6.45) is -0.852. The Balaban J connectivity index is 1.75. The number of fused-ring (bicyclic) bond motifs is 3. The van der Waals surface area contributed by atoms with Crippen molar-refractivity contribution < 1.29 is 28.2 Å². The van der Waals surface area contributed by atoms with Crippen molar-refractivity contribution in [3.63, 3.8) is 0 Å². The van der Waals surface area contributed by atoms with Crippen LogP contribution < -0.4 is 0 Å². The Hall–Kier alpha value is -2.18. The molecule has 1 N–H and O–H groups in total. The van der Waals surface area contributed by atoms with E-state index in [0.29, 0.717) is 6.42 Å². The average Bonchev–Trinajstić information content (AvgIpc) is 2.52. The van der Waals surface area contributed by atoms with Crippen molar-refractivity contribution >= 4 is 12.1 Å². The Kier molecular flexibility index (Phi) is 3.95. The van der Waals surface area contributed by atoms with E-state index in [9.17, 15) is 23.5 Å². The maximum Gasteiger partial charge on any atom is 0.411 e. The largest absolute Gasteiger partial charge is 0.480 e. The van der Waals surface area contributed by atoms with Crippen LogP contribution >= 0.6 is 0 Å². The van der Waals surface area contributed by atoms with Crippen LogP contribution in [0.2, 0.25) is 0 Å². The summed E-state index contributed by atoms with van der Waals surface area (Å²) < 4.78 is 33.1. The molecule has 23 heavy (non-hydrogen) atoms. The second kappa shape index (κ2) is 5.79. The quantitative estimate of drug-likeness (QED) is 0.928. The number of piperidine rings is 2. The molecule has 7 heteroatoms. The molecule has 1 saturated carbocycles. The van der Waals surface area contributed by atoms with Crippen LogP contribution in [-0.2, 0) is 16.1 Å². The third-order valence-corrected chi connectivity index (χ3v) is 4.60. The summed E-state index contributed by atoms with van der Waals surface area (Å²) in [6, 6.07) is 6.59. The fourth-order valence-corrected chi connectivity index (χ4v) is 3.55. The first-order chi connectivity index (χ1) is 10.9. The molecule has 2 heterocycles. The van der Waals surface area contributed by atoms with Crippen molar-refractivity contribution in [2.45, 2.75) is 43.9 Å². The number of aliphatic carboxylic acids is 1. The highest BCUT2D eigenvalue weighted by atomic mass is 19.3. The van der Waals surface area contributed by atoms with E-state index in [2.05, 4.69) is 0 Å². The molecule has 0 radical (unpaired) electrons. The zero-order valence-electron chi connectivity index (χ0n) is 12.3. The number of amides is 1. The van der Waals surface area contributed by atoms with Gasteiger partial charge in [-0.05, 0) is 18.4 Å². The lowest BCUT2D eigenvalue weighted by atomic mass is 9.72.